The van der Waals surface area contributed by atoms with Gasteiger partial charge in [-0.05, 0) is 24.0 Å². The van der Waals surface area contributed by atoms with Crippen molar-refractivity contribution in [2.24, 2.45) is 5.73 Å². The van der Waals surface area contributed by atoms with Crippen LogP contribution in [0.15, 0.2) is 32.9 Å². The van der Waals surface area contributed by atoms with Crippen LogP contribution in [0.5, 0.6) is 0 Å². The Morgan fingerprint density at radius 2 is 1.80 bits per heavy atom. The maximum atomic E-state index is 11.7. The molecule has 0 fully saturated rings. The van der Waals surface area contributed by atoms with Crippen LogP contribution in [-0.2, 0) is 10.5 Å². The van der Waals surface area contributed by atoms with E-state index in [9.17, 15) is 9.59 Å². The smallest absolute Gasteiger partial charge is 0.318 e. The highest BCUT2D eigenvalue weighted by Crippen LogP contribution is 2.32. The average molecular weight is 397 g/mol. The molecule has 0 aliphatic rings. The van der Waals surface area contributed by atoms with E-state index in [2.05, 4.69) is 53.6 Å². The fourth-order valence-corrected chi connectivity index (χ4v) is 4.99. The van der Waals surface area contributed by atoms with Crippen LogP contribution in [0, 0.1) is 0 Å². The first-order valence-electron chi connectivity index (χ1n) is 7.67. The van der Waals surface area contributed by atoms with E-state index < -0.39 is 17.2 Å². The maximum Gasteiger partial charge on any atom is 0.318 e. The molecule has 1 aromatic carbocycles. The van der Waals surface area contributed by atoms with Crippen LogP contribution in [0.25, 0.3) is 0 Å². The Balaban J connectivity index is 1.86. The summed E-state index contributed by atoms with van der Waals surface area (Å²) >= 11 is 4.30. The summed E-state index contributed by atoms with van der Waals surface area (Å²) in [7, 11) is 0. The molecule has 0 spiro atoms. The van der Waals surface area contributed by atoms with Crippen molar-refractivity contribution < 1.29 is 9.59 Å². The summed E-state index contributed by atoms with van der Waals surface area (Å²) in [5, 5.41) is 9.81. The van der Waals surface area contributed by atoms with Crippen molar-refractivity contribution in [2.45, 2.75) is 46.4 Å². The number of carbonyl (C=O) groups excluding carboxylic acids is 2. The van der Waals surface area contributed by atoms with Crippen molar-refractivity contribution in [3.8, 4) is 0 Å². The predicted octanol–water partition coefficient (Wildman–Crippen LogP) is 3.63. The number of carbonyl (C=O) groups is 2. The second-order valence-corrected chi connectivity index (χ2v) is 9.42. The highest BCUT2D eigenvalue weighted by Gasteiger charge is 2.18. The van der Waals surface area contributed by atoms with Gasteiger partial charge in [-0.25, -0.2) is 4.79 Å². The summed E-state index contributed by atoms with van der Waals surface area (Å²) in [6.07, 6.45) is 0. The number of benzene rings is 1. The average Bonchev–Trinajstić information content (AvgIpc) is 3.00. The van der Waals surface area contributed by atoms with Gasteiger partial charge in [0.25, 0.3) is 0 Å². The zero-order chi connectivity index (χ0) is 18.4. The number of imide groups is 1. The molecule has 1 atom stereocenters. The molecular weight excluding hydrogens is 376 g/mol. The number of rotatable bonds is 7. The van der Waals surface area contributed by atoms with Gasteiger partial charge in [-0.15, -0.1) is 10.2 Å². The SMILES string of the molecule is CC(C)c1ccc(CSc2nnc(S[C@@H](C)C(=O)NC(N)=O)s2)cc1. The maximum absolute atomic E-state index is 11.7. The topological polar surface area (TPSA) is 98.0 Å². The van der Waals surface area contributed by atoms with Gasteiger partial charge in [0.15, 0.2) is 8.68 Å². The quantitative estimate of drug-likeness (QED) is 0.694. The van der Waals surface area contributed by atoms with E-state index in [1.807, 2.05) is 0 Å². The lowest BCUT2D eigenvalue weighted by Crippen LogP contribution is -2.39. The molecule has 2 rings (SSSR count). The standard InChI is InChI=1S/C16H20N4O2S3/c1-9(2)12-6-4-11(5-7-12)8-23-15-19-20-16(25-15)24-10(3)13(21)18-14(17)22/h4-7,9-10H,8H2,1-3H3,(H3,17,18,21,22)/t10-/m0/s1. The summed E-state index contributed by atoms with van der Waals surface area (Å²) in [5.41, 5.74) is 7.50. The number of nitrogens with one attached hydrogen (secondary N) is 1. The molecule has 25 heavy (non-hydrogen) atoms. The Morgan fingerprint density at radius 1 is 1.16 bits per heavy atom. The molecule has 9 heteroatoms. The second-order valence-electron chi connectivity index (χ2n) is 5.63. The van der Waals surface area contributed by atoms with Crippen molar-refractivity contribution in [3.05, 3.63) is 35.4 Å². The fraction of sp³-hybridized carbons (Fsp3) is 0.375. The fourth-order valence-electron chi connectivity index (χ4n) is 1.87. The first kappa shape index (κ1) is 19.7. The van der Waals surface area contributed by atoms with E-state index in [1.54, 1.807) is 18.7 Å². The molecule has 0 aliphatic heterocycles. The summed E-state index contributed by atoms with van der Waals surface area (Å²) in [6, 6.07) is 7.72. The van der Waals surface area contributed by atoms with Gasteiger partial charge in [-0.1, -0.05) is 73.0 Å². The van der Waals surface area contributed by atoms with Crippen LogP contribution in [0.1, 0.15) is 37.8 Å². The van der Waals surface area contributed by atoms with Crippen LogP contribution in [0.4, 0.5) is 4.79 Å². The van der Waals surface area contributed by atoms with Crippen molar-refractivity contribution >= 4 is 46.8 Å². The minimum atomic E-state index is -0.852. The number of hydrogen-bond acceptors (Lipinski definition) is 7. The molecule has 3 amide bonds. The molecule has 134 valence electrons. The summed E-state index contributed by atoms with van der Waals surface area (Å²) in [5.74, 6) is 0.903. The lowest BCUT2D eigenvalue weighted by atomic mass is 10.0. The van der Waals surface area contributed by atoms with E-state index in [-0.39, 0.29) is 0 Å². The normalized spacial score (nSPS) is 12.2. The lowest BCUT2D eigenvalue weighted by molar-refractivity contribution is -0.119. The third-order valence-corrected chi connectivity index (χ3v) is 6.60. The number of urea groups is 1. The van der Waals surface area contributed by atoms with E-state index in [1.165, 1.54) is 34.2 Å². The summed E-state index contributed by atoms with van der Waals surface area (Å²) in [6.45, 7) is 6.04. The lowest BCUT2D eigenvalue weighted by Gasteiger charge is -2.06. The van der Waals surface area contributed by atoms with Crippen LogP contribution in [0.3, 0.4) is 0 Å². The highest BCUT2D eigenvalue weighted by molar-refractivity contribution is 8.03. The largest absolute Gasteiger partial charge is 0.351 e. The summed E-state index contributed by atoms with van der Waals surface area (Å²) in [4.78, 5) is 22.4. The molecule has 6 nitrogen and oxygen atoms in total. The van der Waals surface area contributed by atoms with Crippen LogP contribution < -0.4 is 11.1 Å². The number of primary amides is 1. The third kappa shape index (κ3) is 6.33. The first-order chi connectivity index (χ1) is 11.8. The Morgan fingerprint density at radius 3 is 2.40 bits per heavy atom. The molecule has 3 N–H and O–H groups in total. The van der Waals surface area contributed by atoms with Crippen LogP contribution in [-0.4, -0.2) is 27.4 Å². The number of nitrogens with two attached hydrogens (primary N) is 1. The molecule has 2 aromatic rings. The van der Waals surface area contributed by atoms with Gasteiger partial charge in [0.1, 0.15) is 0 Å². The van der Waals surface area contributed by atoms with Gasteiger partial charge in [-0.2, -0.15) is 0 Å². The van der Waals surface area contributed by atoms with Gasteiger partial charge in [-0.3, -0.25) is 10.1 Å². The molecule has 1 aromatic heterocycles. The van der Waals surface area contributed by atoms with E-state index >= 15 is 0 Å². The highest BCUT2D eigenvalue weighted by atomic mass is 32.2. The van der Waals surface area contributed by atoms with Crippen molar-refractivity contribution in [1.82, 2.24) is 15.5 Å². The number of nitrogens with zero attached hydrogens (tertiary/aromatic N) is 2. The van der Waals surface area contributed by atoms with Crippen molar-refractivity contribution in [1.29, 1.82) is 0 Å². The summed E-state index contributed by atoms with van der Waals surface area (Å²) < 4.78 is 1.53. The van der Waals surface area contributed by atoms with Gasteiger partial charge < -0.3 is 5.73 Å². The molecule has 0 aliphatic carbocycles. The number of amides is 3. The van der Waals surface area contributed by atoms with Gasteiger partial charge in [0, 0.05) is 5.75 Å². The second kappa shape index (κ2) is 9.21. The number of hydrogen-bond donors (Lipinski definition) is 2. The van der Waals surface area contributed by atoms with Gasteiger partial charge >= 0.3 is 6.03 Å². The molecule has 0 unspecified atom stereocenters. The Labute approximate surface area is 159 Å². The molecule has 0 bridgehead atoms. The molecule has 0 saturated heterocycles. The zero-order valence-electron chi connectivity index (χ0n) is 14.2. The predicted molar refractivity (Wildman–Crippen MR) is 103 cm³/mol. The van der Waals surface area contributed by atoms with Gasteiger partial charge in [0.05, 0.1) is 5.25 Å². The zero-order valence-corrected chi connectivity index (χ0v) is 16.6. The number of thioether (sulfide) groups is 2. The third-order valence-electron chi connectivity index (χ3n) is 3.29. The van der Waals surface area contributed by atoms with Gasteiger partial charge in [0.2, 0.25) is 5.91 Å². The first-order valence-corrected chi connectivity index (χ1v) is 10.4. The molecular formula is C16H20N4O2S3. The molecule has 0 radical (unpaired) electrons. The minimum Gasteiger partial charge on any atom is -0.351 e. The number of aromatic nitrogens is 2. The van der Waals surface area contributed by atoms with E-state index in [4.69, 9.17) is 5.73 Å². The Hall–Kier alpha value is -1.58. The van der Waals surface area contributed by atoms with E-state index in [0.29, 0.717) is 10.3 Å². The molecule has 0 saturated carbocycles. The van der Waals surface area contributed by atoms with E-state index in [0.717, 1.165) is 10.1 Å². The Bertz CT molecular complexity index is 731. The van der Waals surface area contributed by atoms with Crippen molar-refractivity contribution in [2.75, 3.05) is 0 Å². The van der Waals surface area contributed by atoms with Crippen LogP contribution in [0.2, 0.25) is 0 Å². The monoisotopic (exact) mass is 396 g/mol. The minimum absolute atomic E-state index is 0.438. The van der Waals surface area contributed by atoms with Crippen LogP contribution >= 0.6 is 34.9 Å². The van der Waals surface area contributed by atoms with Crippen molar-refractivity contribution in [3.63, 3.8) is 0 Å². The Kier molecular flexibility index (Phi) is 7.27. The molecule has 1 heterocycles.